The first-order valence-corrected chi connectivity index (χ1v) is 8.59. The number of rotatable bonds is 0. The fraction of sp³-hybridized carbons (Fsp3) is 0.889. The summed E-state index contributed by atoms with van der Waals surface area (Å²) in [5.74, 6) is 2.29. The van der Waals surface area contributed by atoms with Gasteiger partial charge in [0.05, 0.1) is 4.16 Å². The van der Waals surface area contributed by atoms with Gasteiger partial charge in [-0.05, 0) is 6.42 Å². The summed E-state index contributed by atoms with van der Waals surface area (Å²) in [5.41, 5.74) is 0. The van der Waals surface area contributed by atoms with Crippen molar-refractivity contribution in [2.24, 2.45) is 11.8 Å². The van der Waals surface area contributed by atoms with Gasteiger partial charge < -0.3 is 0 Å². The fourth-order valence-corrected chi connectivity index (χ4v) is 8.51. The summed E-state index contributed by atoms with van der Waals surface area (Å²) in [4.78, 5) is 12.6. The second kappa shape index (κ2) is 3.67. The molecule has 14 heavy (non-hydrogen) atoms. The Bertz CT molecular complexity index is 286. The maximum atomic E-state index is 12.1. The van der Waals surface area contributed by atoms with E-state index in [9.17, 15) is 4.79 Å². The van der Waals surface area contributed by atoms with Crippen molar-refractivity contribution >= 4 is 61.2 Å². The molecule has 0 spiro atoms. The maximum Gasteiger partial charge on any atom is 0.142 e. The molecule has 2 heterocycles. The lowest BCUT2D eigenvalue weighted by molar-refractivity contribution is -0.123. The molecule has 6 atom stereocenters. The number of thioether (sulfide) groups is 2. The average Bonchev–Trinajstić information content (AvgIpc) is 2.72. The fourth-order valence-electron chi connectivity index (χ4n) is 2.74. The van der Waals surface area contributed by atoms with E-state index in [1.807, 2.05) is 23.5 Å². The summed E-state index contributed by atoms with van der Waals surface area (Å²) < 4.78 is 0.511. The maximum absolute atomic E-state index is 12.1. The van der Waals surface area contributed by atoms with Gasteiger partial charge in [-0.15, -0.1) is 11.8 Å². The molecule has 0 aromatic heterocycles. The van der Waals surface area contributed by atoms with Crippen LogP contribution in [0.15, 0.2) is 0 Å². The molecule has 5 heteroatoms. The lowest BCUT2D eigenvalue weighted by atomic mass is 9.99. The van der Waals surface area contributed by atoms with Crippen molar-refractivity contribution in [2.45, 2.75) is 25.9 Å². The molecular weight excluding hydrogens is 348 g/mol. The van der Waals surface area contributed by atoms with E-state index in [1.165, 1.54) is 0 Å². The van der Waals surface area contributed by atoms with Crippen molar-refractivity contribution in [1.29, 1.82) is 0 Å². The molecule has 3 rings (SSSR count). The molecule has 0 N–H and O–H groups in total. The smallest absolute Gasteiger partial charge is 0.142 e. The first-order valence-electron chi connectivity index (χ1n) is 4.77. The van der Waals surface area contributed by atoms with Crippen molar-refractivity contribution in [1.82, 2.24) is 0 Å². The third-order valence-electron chi connectivity index (χ3n) is 3.35. The predicted octanol–water partition coefficient (Wildman–Crippen LogP) is 2.91. The molecule has 0 bridgehead atoms. The molecule has 1 saturated carbocycles. The van der Waals surface area contributed by atoms with E-state index in [2.05, 4.69) is 31.9 Å². The number of halogens is 2. The summed E-state index contributed by atoms with van der Waals surface area (Å²) in [6.45, 7) is 0. The summed E-state index contributed by atoms with van der Waals surface area (Å²) >= 11 is 11.2. The number of ketones is 1. The van der Waals surface area contributed by atoms with Crippen LogP contribution in [0.25, 0.3) is 0 Å². The Morgan fingerprint density at radius 2 is 2.07 bits per heavy atom. The Morgan fingerprint density at radius 3 is 2.86 bits per heavy atom. The molecule has 0 aromatic carbocycles. The first-order chi connectivity index (χ1) is 6.68. The van der Waals surface area contributed by atoms with E-state index < -0.39 is 0 Å². The van der Waals surface area contributed by atoms with E-state index >= 15 is 0 Å². The van der Waals surface area contributed by atoms with Gasteiger partial charge in [0.15, 0.2) is 0 Å². The Labute approximate surface area is 109 Å². The minimum absolute atomic E-state index is 0.308. The number of Topliss-reactive ketones (excluding diaryl/α,β-unsaturated/α-hetero) is 1. The molecule has 3 aliphatic rings. The van der Waals surface area contributed by atoms with Crippen LogP contribution in [0.5, 0.6) is 0 Å². The van der Waals surface area contributed by atoms with Gasteiger partial charge in [-0.3, -0.25) is 4.79 Å². The Kier molecular flexibility index (Phi) is 2.75. The largest absolute Gasteiger partial charge is 0.299 e. The van der Waals surface area contributed by atoms with Crippen LogP contribution >= 0.6 is 55.4 Å². The van der Waals surface area contributed by atoms with Gasteiger partial charge in [-0.2, -0.15) is 11.8 Å². The van der Waals surface area contributed by atoms with Crippen molar-refractivity contribution in [3.8, 4) is 0 Å². The summed E-state index contributed by atoms with van der Waals surface area (Å²) in [5, 5.41) is 1.17. The molecule has 0 radical (unpaired) electrons. The second-order valence-electron chi connectivity index (χ2n) is 4.10. The Hall–Kier alpha value is 1.33. The molecule has 2 aliphatic heterocycles. The zero-order valence-electron chi connectivity index (χ0n) is 7.36. The van der Waals surface area contributed by atoms with Crippen LogP contribution in [0, 0.1) is 11.8 Å². The summed E-state index contributed by atoms with van der Waals surface area (Å²) in [7, 11) is 0. The lowest BCUT2D eigenvalue weighted by Crippen LogP contribution is -2.23. The molecular formula is C9H10Br2OS2. The number of alkyl halides is 2. The van der Waals surface area contributed by atoms with Crippen LogP contribution in [0.3, 0.4) is 0 Å². The predicted molar refractivity (Wildman–Crippen MR) is 69.7 cm³/mol. The third-order valence-corrected chi connectivity index (χ3v) is 8.81. The lowest BCUT2D eigenvalue weighted by Gasteiger charge is -2.14. The SMILES string of the molecule is O=C1C2CC(Br)SC2C2SCC(Br)C12. The standard InChI is InChI=1S/C9H10Br2OS2/c10-4-2-13-9-6(4)7(12)3-1-5(11)14-8(3)9/h3-6,8-9H,1-2H2. The van der Waals surface area contributed by atoms with Crippen LogP contribution < -0.4 is 0 Å². The van der Waals surface area contributed by atoms with Gasteiger partial charge in [0.2, 0.25) is 0 Å². The summed E-state index contributed by atoms with van der Waals surface area (Å²) in [6.07, 6.45) is 1.04. The third kappa shape index (κ3) is 1.38. The molecule has 6 unspecified atom stereocenters. The van der Waals surface area contributed by atoms with E-state index in [0.29, 0.717) is 37.1 Å². The minimum atomic E-state index is 0.308. The van der Waals surface area contributed by atoms with Crippen molar-refractivity contribution in [3.63, 3.8) is 0 Å². The van der Waals surface area contributed by atoms with Gasteiger partial charge >= 0.3 is 0 Å². The zero-order valence-corrected chi connectivity index (χ0v) is 12.2. The van der Waals surface area contributed by atoms with Crippen molar-refractivity contribution < 1.29 is 4.79 Å². The second-order valence-corrected chi connectivity index (χ2v) is 9.58. The van der Waals surface area contributed by atoms with Crippen LogP contribution in [0.4, 0.5) is 0 Å². The molecule has 2 saturated heterocycles. The first kappa shape index (κ1) is 10.5. The zero-order chi connectivity index (χ0) is 9.87. The number of carbonyl (C=O) groups is 1. The molecule has 3 fully saturated rings. The molecule has 1 nitrogen and oxygen atoms in total. The Morgan fingerprint density at radius 1 is 1.29 bits per heavy atom. The van der Waals surface area contributed by atoms with Gasteiger partial charge in [0, 0.05) is 32.9 Å². The highest BCUT2D eigenvalue weighted by Crippen LogP contribution is 2.57. The minimum Gasteiger partial charge on any atom is -0.299 e. The molecule has 0 amide bonds. The van der Waals surface area contributed by atoms with Crippen LogP contribution in [0.1, 0.15) is 6.42 Å². The number of carbonyl (C=O) groups excluding carboxylic acids is 1. The monoisotopic (exact) mass is 356 g/mol. The van der Waals surface area contributed by atoms with Crippen molar-refractivity contribution in [2.75, 3.05) is 5.75 Å². The van der Waals surface area contributed by atoms with E-state index in [4.69, 9.17) is 0 Å². The van der Waals surface area contributed by atoms with Gasteiger partial charge in [-0.1, -0.05) is 31.9 Å². The van der Waals surface area contributed by atoms with E-state index in [1.54, 1.807) is 0 Å². The van der Waals surface area contributed by atoms with Crippen molar-refractivity contribution in [3.05, 3.63) is 0 Å². The van der Waals surface area contributed by atoms with Gasteiger partial charge in [0.25, 0.3) is 0 Å². The molecule has 1 aliphatic carbocycles. The highest BCUT2D eigenvalue weighted by Gasteiger charge is 2.58. The van der Waals surface area contributed by atoms with E-state index in [0.717, 1.165) is 12.2 Å². The highest BCUT2D eigenvalue weighted by molar-refractivity contribution is 9.11. The van der Waals surface area contributed by atoms with Gasteiger partial charge in [-0.25, -0.2) is 0 Å². The number of fused-ring (bicyclic) bond motifs is 3. The van der Waals surface area contributed by atoms with Crippen LogP contribution in [-0.4, -0.2) is 31.0 Å². The number of hydrogen-bond acceptors (Lipinski definition) is 3. The highest BCUT2D eigenvalue weighted by atomic mass is 79.9. The molecule has 78 valence electrons. The van der Waals surface area contributed by atoms with Gasteiger partial charge in [0.1, 0.15) is 5.78 Å². The average molecular weight is 358 g/mol. The van der Waals surface area contributed by atoms with Crippen LogP contribution in [0.2, 0.25) is 0 Å². The topological polar surface area (TPSA) is 17.1 Å². The van der Waals surface area contributed by atoms with Crippen LogP contribution in [-0.2, 0) is 4.79 Å². The van der Waals surface area contributed by atoms with E-state index in [-0.39, 0.29) is 0 Å². The molecule has 0 aromatic rings. The Balaban J connectivity index is 1.90. The quantitative estimate of drug-likeness (QED) is 0.620. The summed E-state index contributed by atoms with van der Waals surface area (Å²) in [6, 6.07) is 0. The number of hydrogen-bond donors (Lipinski definition) is 0. The normalized spacial score (nSPS) is 56.3.